The van der Waals surface area contributed by atoms with Gasteiger partial charge in [0.1, 0.15) is 91.6 Å². The predicted octanol–water partition coefficient (Wildman–Crippen LogP) is -0.516. The third kappa shape index (κ3) is 18.6. The first kappa shape index (κ1) is 95.7. The van der Waals surface area contributed by atoms with Crippen LogP contribution in [-0.2, 0) is 132 Å². The Morgan fingerprint density at radius 3 is 0.985 bits per heavy atom. The number of aromatic nitrogens is 18. The summed E-state index contributed by atoms with van der Waals surface area (Å²) in [5.74, 6) is -1.72. The maximum Gasteiger partial charge on any atom is 0.472 e. The molecule has 9 aromatic rings. The number of aliphatic imine (C=N–C) groups is 3. The zero-order chi connectivity index (χ0) is 95.5. The highest BCUT2D eigenvalue weighted by atomic mass is 32.7. The molecular weight excluding hydrogens is 2020 g/mol. The number of hydrogen-bond acceptors (Lipinski definition) is 48. The van der Waals surface area contributed by atoms with Crippen molar-refractivity contribution < 1.29 is 164 Å². The van der Waals surface area contributed by atoms with E-state index < -0.39 is 246 Å². The van der Waals surface area contributed by atoms with E-state index in [1.165, 1.54) is 62.2 Å². The van der Waals surface area contributed by atoms with Crippen molar-refractivity contribution in [3.8, 4) is 0 Å². The number of nitrogens with one attached hydrogen (secondary N) is 3. The fraction of sp³-hybridized carbons (Fsp3) is 0.524. The van der Waals surface area contributed by atoms with E-state index >= 15 is 13.2 Å². The summed E-state index contributed by atoms with van der Waals surface area (Å²) in [7, 11) is -10.3. The zero-order valence-corrected chi connectivity index (χ0v) is 76.0. The Labute approximate surface area is 766 Å². The number of aliphatic hydroxyl groups excluding tert-OH is 3. The minimum Gasteiger partial charge on any atom is -0.387 e. The predicted molar refractivity (Wildman–Crippen MR) is 453 cm³/mol. The molecule has 59 nitrogen and oxygen atoms in total. The second-order valence-corrected chi connectivity index (χ2v) is 44.9. The molecule has 9 saturated heterocycles. The number of imidazole rings is 6. The molecule has 0 saturated carbocycles. The lowest BCUT2D eigenvalue weighted by Crippen LogP contribution is -2.35. The number of fused-ring (bicyclic) bond motifs is 15. The molecule has 17 N–H and O–H groups in total. The van der Waals surface area contributed by atoms with Crippen LogP contribution in [0.25, 0.3) is 33.5 Å². The van der Waals surface area contributed by atoms with Gasteiger partial charge in [-0.15, -0.1) is 0 Å². The van der Waals surface area contributed by atoms with Crippen molar-refractivity contribution in [2.45, 2.75) is 167 Å². The molecule has 0 spiro atoms. The number of aliphatic hydroxyl groups is 3. The number of H-pyrrole nitrogens is 3. The molecule has 0 aliphatic carbocycles. The smallest absolute Gasteiger partial charge is 0.387 e. The van der Waals surface area contributed by atoms with E-state index in [-0.39, 0.29) is 122 Å². The summed E-state index contributed by atoms with van der Waals surface area (Å²) < 4.78 is 194. The number of ether oxygens (including phenoxy) is 6. The van der Waals surface area contributed by atoms with Crippen LogP contribution in [0.2, 0.25) is 0 Å². The number of alkyl halides is 3. The highest BCUT2D eigenvalue weighted by Crippen LogP contribution is 2.61. The topological polar surface area (TPSA) is 790 Å². The minimum atomic E-state index is -5.17. The highest BCUT2D eigenvalue weighted by Gasteiger charge is 2.60. The fourth-order valence-electron chi connectivity index (χ4n) is 16.1. The van der Waals surface area contributed by atoms with Crippen LogP contribution in [0.5, 0.6) is 0 Å². The van der Waals surface area contributed by atoms with Crippen molar-refractivity contribution in [2.24, 2.45) is 15.0 Å². The van der Waals surface area contributed by atoms with Crippen LogP contribution >= 0.6 is 54.8 Å². The molecule has 12 aliphatic rings. The van der Waals surface area contributed by atoms with Crippen LogP contribution < -0.4 is 33.9 Å². The number of carbonyl (C=O) groups is 3. The Kier molecular flexibility index (Phi) is 25.9. The van der Waals surface area contributed by atoms with Crippen LogP contribution in [-0.4, -0.2) is 313 Å². The van der Waals surface area contributed by atoms with Gasteiger partial charge in [-0.25, -0.2) is 71.7 Å². The van der Waals surface area contributed by atoms with Crippen LogP contribution in [0.15, 0.2) is 67.3 Å². The van der Waals surface area contributed by atoms with Gasteiger partial charge in [0.15, 0.2) is 141 Å². The number of halogens is 3. The maximum atomic E-state index is 16.0. The largest absolute Gasteiger partial charge is 0.472 e. The number of aromatic amines is 3. The maximum absolute atomic E-state index is 16.0. The van der Waals surface area contributed by atoms with Gasteiger partial charge in [0.25, 0.3) is 16.7 Å². The Morgan fingerprint density at radius 1 is 0.370 bits per heavy atom. The van der Waals surface area contributed by atoms with E-state index in [1.807, 2.05) is 0 Å². The van der Waals surface area contributed by atoms with Gasteiger partial charge in [0.2, 0.25) is 17.8 Å². The molecule has 21 rings (SSSR count). The first-order valence-electron chi connectivity index (χ1n) is 39.3. The normalized spacial score (nSPS) is 38.8. The van der Waals surface area contributed by atoms with Crippen molar-refractivity contribution in [1.82, 2.24) is 87.2 Å². The van der Waals surface area contributed by atoms with Gasteiger partial charge in [-0.3, -0.25) is 112 Å². The third-order valence-corrected chi connectivity index (χ3v) is 30.5. The van der Waals surface area contributed by atoms with E-state index in [9.17, 15) is 82.2 Å². The average molecular weight is 2090 g/mol. The Bertz CT molecular complexity index is 6240. The summed E-state index contributed by atoms with van der Waals surface area (Å²) in [5, 5.41) is 33.2. The molecule has 12 aliphatic heterocycles. The van der Waals surface area contributed by atoms with E-state index in [4.69, 9.17) is 135 Å². The van der Waals surface area contributed by atoms with Gasteiger partial charge in [-0.2, -0.15) is 15.0 Å². The van der Waals surface area contributed by atoms with Crippen molar-refractivity contribution in [3.05, 3.63) is 86.1 Å². The third-order valence-electron chi connectivity index (χ3n) is 22.2. The molecule has 9 fully saturated rings. The quantitative estimate of drug-likeness (QED) is 0.0736. The molecular formula is C63H69F3N24O35P6S4. The number of rotatable bonds is 6. The minimum absolute atomic E-state index is 0.0191. The molecule has 72 heteroatoms. The Hall–Kier alpha value is -8.16. The number of nitrogens with zero attached hydrogens (tertiary/aromatic N) is 18. The standard InChI is InChI=1S/C21H23FN8O13P2.2C21H23FN8O11P2S2/c22-10-14-9(41-19(10)29-5-25-11-7(31)1-2-24-16(11)29)4-39-45(36,37)43-15-13(32)8(3-38-44(34,35)42-14)40-20(15)30-6-26-12-17(30)27-21(23)28-18(12)33;2*22-10-14-9(39-19(10)29-5-25-11-7(31)1-2-24-16(11)29)4-37-43(35,45)41-15-13(32)8(3-36-42(34,44)40-14)38-20(15)30-6-26-12-17(30)27-21(23)28-18(12)33/h2,5-6,8-10,13-15,19-20,32H,1,3-4H2,(H,34,35)(H,36,37)(H3,23,27,28,33);2*2,5-6,8-10,13-15,19-20,32H,1,3-4H2,(H,34,44)(H,35,45)(H3,23,27,28,33)/t8-,9-,10+,13-,14-,15-,19-,20-;2*8-,9-,10+,13-,14-,15-,19-,20-,42?,43?/m111/s1. The van der Waals surface area contributed by atoms with Gasteiger partial charge < -0.3 is 99.0 Å². The molecule has 0 aromatic carbocycles. The molecule has 9 aromatic heterocycles. The van der Waals surface area contributed by atoms with Gasteiger partial charge in [-0.05, 0) is 35.4 Å². The number of Topliss-reactive ketones (excluding diaryl/α,β-unsaturated/α-hetero) is 3. The highest BCUT2D eigenvalue weighted by molar-refractivity contribution is 8.44. The molecule has 0 amide bonds. The van der Waals surface area contributed by atoms with E-state index in [0.717, 1.165) is 21.8 Å². The number of hydrogen-bond donors (Lipinski definition) is 15. The van der Waals surface area contributed by atoms with Crippen molar-refractivity contribution in [3.63, 3.8) is 0 Å². The lowest BCUT2D eigenvalue weighted by molar-refractivity contribution is -0.0672. The lowest BCUT2D eigenvalue weighted by Gasteiger charge is -2.27. The van der Waals surface area contributed by atoms with E-state index in [0.29, 0.717) is 0 Å². The molecule has 6 bridgehead atoms. The second-order valence-electron chi connectivity index (χ2n) is 30.8. The molecule has 726 valence electrons. The molecule has 0 radical (unpaired) electrons. The number of phosphoric ester groups is 2. The van der Waals surface area contributed by atoms with Gasteiger partial charge >= 0.3 is 42.6 Å². The van der Waals surface area contributed by atoms with Crippen molar-refractivity contribution in [2.75, 3.05) is 56.8 Å². The SMILES string of the molecule is Nc1nc2c(ncn2[C@@H]2O[C@@H]3COP(=O)(O)O[C@H]4[C@H](F)[C@H](n5cnc6c5N=CCC6=O)O[C@@H]4COP(=O)(O)O[C@@H]2[C@@H]3O)c(=O)[nH]1.Nc1nc2c(ncn2[C@@H]2O[C@@H]3COP(O)(=S)O[C@H]4[C@H](F)[C@H](n5cnc6c5N=CCC6=O)O[C@@H]4COP(=O)(S)O[C@@H]2[C@@H]3O)c(=O)[nH]1.Nc1nc2c(ncn2[C@@H]2O[C@@H]3COP(O)(=S)O[C@H]4[C@H](F)[C@H](n5cnc6c5N=CCC6=O)O[C@@H]4COP(O)(=S)O[C@@H]2[C@@H]3O)c(=O)[nH]1. The summed E-state index contributed by atoms with van der Waals surface area (Å²) in [6.45, 7) is -21.6. The molecule has 30 atom stereocenters. The average Bonchev–Trinajstić information content (AvgIpc) is 1.62. The summed E-state index contributed by atoms with van der Waals surface area (Å²) in [6, 6.07) is 0. The first-order valence-corrected chi connectivity index (χ1v) is 52.8. The number of nitrogen functional groups attached to an aromatic ring is 3. The number of carbonyl (C=O) groups excluding carboxylic acids is 3. The monoisotopic (exact) mass is 2090 g/mol. The first-order chi connectivity index (χ1) is 63.9. The zero-order valence-electron chi connectivity index (χ0n) is 67.3. The summed E-state index contributed by atoms with van der Waals surface area (Å²) >= 11 is 19.5. The summed E-state index contributed by atoms with van der Waals surface area (Å²) in [5.41, 5.74) is 14.4. The Balaban J connectivity index is 0.000000130. The van der Waals surface area contributed by atoms with Crippen LogP contribution in [0.4, 0.5) is 48.5 Å². The summed E-state index contributed by atoms with van der Waals surface area (Å²) in [6.07, 6.45) is -27.5. The molecule has 135 heavy (non-hydrogen) atoms. The van der Waals surface area contributed by atoms with Crippen molar-refractivity contribution >= 4 is 195 Å². The fourth-order valence-corrected chi connectivity index (χ4v) is 23.8. The molecule has 6 unspecified atom stereocenters. The van der Waals surface area contributed by atoms with Crippen LogP contribution in [0.1, 0.15) is 88.1 Å². The number of phosphoric acid groups is 2. The lowest BCUT2D eigenvalue weighted by atomic mass is 10.1. The van der Waals surface area contributed by atoms with Crippen LogP contribution in [0.3, 0.4) is 0 Å². The van der Waals surface area contributed by atoms with Crippen molar-refractivity contribution in [1.29, 1.82) is 0 Å². The number of thiol groups is 1. The number of nitrogens with two attached hydrogens (primary N) is 3. The van der Waals surface area contributed by atoms with Gasteiger partial charge in [0, 0.05) is 37.9 Å². The summed E-state index contributed by atoms with van der Waals surface area (Å²) in [4.78, 5) is 183. The second kappa shape index (κ2) is 36.5. The van der Waals surface area contributed by atoms with E-state index in [2.05, 4.69) is 87.0 Å². The number of anilines is 3. The van der Waals surface area contributed by atoms with Crippen LogP contribution in [0, 0.1) is 0 Å². The molecule has 21 heterocycles. The number of ketones is 3. The van der Waals surface area contributed by atoms with E-state index in [1.54, 1.807) is 0 Å². The Morgan fingerprint density at radius 2 is 0.637 bits per heavy atom. The van der Waals surface area contributed by atoms with Gasteiger partial charge in [0.05, 0.1) is 77.6 Å². The van der Waals surface area contributed by atoms with Gasteiger partial charge in [-0.1, -0.05) is 12.2 Å².